The molecule has 0 saturated heterocycles. The Morgan fingerprint density at radius 2 is 0.750 bits per heavy atom. The number of unbranched alkanes of at least 4 members (excludes halogenated alkanes) is 17. The Hall–Kier alpha value is -0.160. The molecule has 0 aromatic heterocycles. The number of quaternary nitrogens is 1. The van der Waals surface area contributed by atoms with Crippen LogP contribution in [0.5, 0.6) is 0 Å². The Balaban J connectivity index is 3.00. The number of hydroxylamine groups is 3. The third kappa shape index (κ3) is 21.8. The van der Waals surface area contributed by atoms with Crippen molar-refractivity contribution in [3.05, 3.63) is 5.21 Å². The third-order valence-corrected chi connectivity index (χ3v) is 4.80. The Morgan fingerprint density at radius 1 is 0.500 bits per heavy atom. The first-order valence-corrected chi connectivity index (χ1v) is 10.6. The van der Waals surface area contributed by atoms with E-state index in [1.165, 1.54) is 96.3 Å². The minimum Gasteiger partial charge on any atom is -0.564 e. The molecule has 0 aliphatic heterocycles. The minimum atomic E-state index is -2.13. The van der Waals surface area contributed by atoms with Crippen molar-refractivity contribution in [2.45, 2.75) is 122 Å². The Labute approximate surface area is 150 Å². The summed E-state index contributed by atoms with van der Waals surface area (Å²) in [6.45, 7) is 2.16. The topological polar surface area (TPSA) is 63.5 Å². The van der Waals surface area contributed by atoms with Gasteiger partial charge in [-0.1, -0.05) is 115 Å². The maximum Gasteiger partial charge on any atom is 0.142 e. The van der Waals surface area contributed by atoms with E-state index >= 15 is 0 Å². The van der Waals surface area contributed by atoms with Gasteiger partial charge in [0.15, 0.2) is 0 Å². The second-order valence-corrected chi connectivity index (χ2v) is 7.40. The number of hydrogen-bond donors (Lipinski definition) is 2. The Morgan fingerprint density at radius 3 is 1.00 bits per heavy atom. The SMILES string of the molecule is CCCCCCCCCCCCCCCCCCCC[N+]([O-])(O)O. The van der Waals surface area contributed by atoms with Gasteiger partial charge in [0.25, 0.3) is 0 Å². The first kappa shape index (κ1) is 23.8. The van der Waals surface area contributed by atoms with Gasteiger partial charge in [-0.05, 0) is 6.42 Å². The molecule has 0 heterocycles. The first-order chi connectivity index (χ1) is 11.6. The monoisotopic (exact) mass is 345 g/mol. The molecule has 0 amide bonds. The van der Waals surface area contributed by atoms with Crippen LogP contribution in [0.4, 0.5) is 0 Å². The van der Waals surface area contributed by atoms with Gasteiger partial charge in [-0.2, -0.15) is 10.4 Å². The zero-order valence-electron chi connectivity index (χ0n) is 16.2. The summed E-state index contributed by atoms with van der Waals surface area (Å²) < 4.78 is 0. The normalized spacial score (nSPS) is 12.0. The highest BCUT2D eigenvalue weighted by Gasteiger charge is 2.06. The molecule has 0 atom stereocenters. The van der Waals surface area contributed by atoms with Crippen molar-refractivity contribution >= 4 is 0 Å². The minimum absolute atomic E-state index is 0.112. The summed E-state index contributed by atoms with van der Waals surface area (Å²) in [7, 11) is 0. The fourth-order valence-corrected chi connectivity index (χ4v) is 3.22. The molecule has 0 unspecified atom stereocenters. The van der Waals surface area contributed by atoms with E-state index in [1.807, 2.05) is 0 Å². The van der Waals surface area contributed by atoms with Gasteiger partial charge >= 0.3 is 0 Å². The number of rotatable bonds is 19. The van der Waals surface area contributed by atoms with Gasteiger partial charge in [-0.25, -0.2) is 0 Å². The van der Waals surface area contributed by atoms with Crippen LogP contribution in [0.3, 0.4) is 0 Å². The average Bonchev–Trinajstić information content (AvgIpc) is 2.52. The molecule has 24 heavy (non-hydrogen) atoms. The van der Waals surface area contributed by atoms with Crippen molar-refractivity contribution in [2.24, 2.45) is 0 Å². The van der Waals surface area contributed by atoms with Crippen molar-refractivity contribution in [1.29, 1.82) is 0 Å². The quantitative estimate of drug-likeness (QED) is 0.149. The van der Waals surface area contributed by atoms with Crippen LogP contribution < -0.4 is 0 Å². The fraction of sp³-hybridized carbons (Fsp3) is 1.00. The zero-order valence-corrected chi connectivity index (χ0v) is 16.2. The highest BCUT2D eigenvalue weighted by atomic mass is 17.1. The van der Waals surface area contributed by atoms with E-state index in [0.717, 1.165) is 12.8 Å². The zero-order chi connectivity index (χ0) is 17.9. The highest BCUT2D eigenvalue weighted by Crippen LogP contribution is 2.14. The Bertz CT molecular complexity index is 242. The van der Waals surface area contributed by atoms with Crippen LogP contribution in [0, 0.1) is 5.21 Å². The van der Waals surface area contributed by atoms with Crippen molar-refractivity contribution in [3.8, 4) is 0 Å². The molecule has 0 aromatic carbocycles. The van der Waals surface area contributed by atoms with E-state index in [2.05, 4.69) is 6.92 Å². The largest absolute Gasteiger partial charge is 0.564 e. The van der Waals surface area contributed by atoms with E-state index in [0.29, 0.717) is 6.42 Å². The fourth-order valence-electron chi connectivity index (χ4n) is 3.22. The predicted molar refractivity (Wildman–Crippen MR) is 101 cm³/mol. The third-order valence-electron chi connectivity index (χ3n) is 4.80. The van der Waals surface area contributed by atoms with Gasteiger partial charge in [-0.3, -0.25) is 0 Å². The predicted octanol–water partition coefficient (Wildman–Crippen LogP) is 7.12. The second kappa shape index (κ2) is 17.7. The molecule has 0 bridgehead atoms. The van der Waals surface area contributed by atoms with Crippen LogP contribution in [0.25, 0.3) is 0 Å². The molecule has 0 aliphatic carbocycles. The van der Waals surface area contributed by atoms with Crippen molar-refractivity contribution in [1.82, 2.24) is 0 Å². The lowest BCUT2D eigenvalue weighted by Crippen LogP contribution is -2.34. The summed E-state index contributed by atoms with van der Waals surface area (Å²) in [5.41, 5.74) is 0. The van der Waals surface area contributed by atoms with Gasteiger partial charge in [0, 0.05) is 6.42 Å². The molecule has 0 aliphatic rings. The highest BCUT2D eigenvalue weighted by molar-refractivity contribution is 4.50. The molecule has 0 aromatic rings. The van der Waals surface area contributed by atoms with Gasteiger partial charge < -0.3 is 5.21 Å². The van der Waals surface area contributed by atoms with Gasteiger partial charge in [-0.15, -0.1) is 0 Å². The molecule has 4 heteroatoms. The van der Waals surface area contributed by atoms with Crippen LogP contribution in [-0.4, -0.2) is 21.9 Å². The lowest BCUT2D eigenvalue weighted by atomic mass is 10.0. The van der Waals surface area contributed by atoms with Crippen LogP contribution in [0.1, 0.15) is 122 Å². The van der Waals surface area contributed by atoms with Gasteiger partial charge in [0.2, 0.25) is 0 Å². The second-order valence-electron chi connectivity index (χ2n) is 7.40. The summed E-state index contributed by atoms with van der Waals surface area (Å²) in [4.78, 5) is -2.13. The maximum absolute atomic E-state index is 10.5. The van der Waals surface area contributed by atoms with Crippen LogP contribution in [-0.2, 0) is 0 Å². The Kier molecular flexibility index (Phi) is 17.5. The lowest BCUT2D eigenvalue weighted by Gasteiger charge is -2.23. The van der Waals surface area contributed by atoms with E-state index in [4.69, 9.17) is 10.4 Å². The number of hydrogen-bond acceptors (Lipinski definition) is 3. The summed E-state index contributed by atoms with van der Waals surface area (Å²) in [6.07, 6.45) is 23.3. The van der Waals surface area contributed by atoms with Crippen molar-refractivity contribution in [2.75, 3.05) is 6.54 Å². The maximum atomic E-state index is 10.5. The summed E-state index contributed by atoms with van der Waals surface area (Å²) >= 11 is 0. The smallest absolute Gasteiger partial charge is 0.142 e. The molecule has 4 nitrogen and oxygen atoms in total. The molecule has 146 valence electrons. The van der Waals surface area contributed by atoms with E-state index in [9.17, 15) is 5.21 Å². The lowest BCUT2D eigenvalue weighted by molar-refractivity contribution is -1.21. The molecular formula is C20H43NO3. The molecule has 2 N–H and O–H groups in total. The van der Waals surface area contributed by atoms with Crippen molar-refractivity contribution in [3.63, 3.8) is 0 Å². The summed E-state index contributed by atoms with van der Waals surface area (Å²) in [6, 6.07) is 0. The molecule has 0 saturated carbocycles. The average molecular weight is 346 g/mol. The van der Waals surface area contributed by atoms with Gasteiger partial charge in [0.1, 0.15) is 6.54 Å². The van der Waals surface area contributed by atoms with E-state index in [1.54, 1.807) is 0 Å². The van der Waals surface area contributed by atoms with Gasteiger partial charge in [0.05, 0.1) is 0 Å². The number of nitrogens with zero attached hydrogens (tertiary/aromatic N) is 1. The first-order valence-electron chi connectivity index (χ1n) is 10.6. The molecule has 0 radical (unpaired) electrons. The molecule has 0 fully saturated rings. The summed E-state index contributed by atoms with van der Waals surface area (Å²) in [5.74, 6) is 0. The molecule has 0 spiro atoms. The van der Waals surface area contributed by atoms with Crippen LogP contribution in [0.2, 0.25) is 0 Å². The van der Waals surface area contributed by atoms with Crippen LogP contribution >= 0.6 is 0 Å². The molecule has 0 rings (SSSR count). The standard InChI is InChI=1S/C20H43NO3/c1-2-3-4-5-6-7-8-9-10-11-12-13-14-15-16-17-18-19-20-21(22,23)24/h22-23H,2-20H2,1H3. The van der Waals surface area contributed by atoms with E-state index < -0.39 is 4.97 Å². The summed E-state index contributed by atoms with van der Waals surface area (Å²) in [5, 5.41) is 27.7. The van der Waals surface area contributed by atoms with Crippen LogP contribution in [0.15, 0.2) is 0 Å². The van der Waals surface area contributed by atoms with E-state index in [-0.39, 0.29) is 6.54 Å². The molecular weight excluding hydrogens is 302 g/mol. The van der Waals surface area contributed by atoms with Crippen molar-refractivity contribution < 1.29 is 15.4 Å².